The van der Waals surface area contributed by atoms with Crippen molar-refractivity contribution in [3.8, 4) is 11.5 Å². The van der Waals surface area contributed by atoms with Crippen LogP contribution in [-0.4, -0.2) is 19.0 Å². The Bertz CT molecular complexity index is 1620. The molecule has 0 radical (unpaired) electrons. The number of benzene rings is 3. The molecule has 0 unspecified atom stereocenters. The highest BCUT2D eigenvalue weighted by molar-refractivity contribution is 7.16. The van der Waals surface area contributed by atoms with E-state index in [0.29, 0.717) is 23.0 Å². The predicted octanol–water partition coefficient (Wildman–Crippen LogP) is 7.52. The molecule has 2 N–H and O–H groups in total. The largest absolute Gasteiger partial charge is 0.493 e. The van der Waals surface area contributed by atoms with E-state index < -0.39 is 12.1 Å². The second-order valence-electron chi connectivity index (χ2n) is 11.4. The first-order chi connectivity index (χ1) is 19.3. The third-order valence-corrected chi connectivity index (χ3v) is 9.98. The Balaban J connectivity index is 1.23. The van der Waals surface area contributed by atoms with Gasteiger partial charge in [0.15, 0.2) is 11.5 Å². The monoisotopic (exact) mass is 554 g/mol. The van der Waals surface area contributed by atoms with Crippen molar-refractivity contribution in [3.05, 3.63) is 87.8 Å². The smallest absolute Gasteiger partial charge is 0.344 e. The van der Waals surface area contributed by atoms with Crippen LogP contribution in [0.25, 0.3) is 10.8 Å². The molecule has 0 fully saturated rings. The van der Waals surface area contributed by atoms with Crippen LogP contribution in [0.15, 0.2) is 60.7 Å². The zero-order valence-corrected chi connectivity index (χ0v) is 24.1. The zero-order chi connectivity index (χ0) is 28.0. The third kappa shape index (κ3) is 4.62. The van der Waals surface area contributed by atoms with Crippen molar-refractivity contribution in [2.24, 2.45) is 11.3 Å². The molecule has 2 aliphatic rings. The van der Waals surface area contributed by atoms with E-state index in [9.17, 15) is 9.59 Å². The van der Waals surface area contributed by atoms with E-state index in [1.165, 1.54) is 10.4 Å². The quantitative estimate of drug-likeness (QED) is 0.190. The molecule has 0 bridgehead atoms. The number of ether oxygens (including phenoxy) is 2. The number of methoxy groups -OCH3 is 1. The molecule has 1 aliphatic heterocycles. The first kappa shape index (κ1) is 26.4. The molecule has 2 atom stereocenters. The van der Waals surface area contributed by atoms with E-state index in [1.807, 2.05) is 48.5 Å². The summed E-state index contributed by atoms with van der Waals surface area (Å²) in [7, 11) is 1.54. The van der Waals surface area contributed by atoms with Gasteiger partial charge in [0.2, 0.25) is 0 Å². The lowest BCUT2D eigenvalue weighted by atomic mass is 9.69. The maximum atomic E-state index is 13.3. The number of carbonyl (C=O) groups excluding carboxylic acids is 2. The summed E-state index contributed by atoms with van der Waals surface area (Å²) in [6.45, 7) is 6.97. The molecule has 6 nitrogen and oxygen atoms in total. The van der Waals surface area contributed by atoms with Crippen molar-refractivity contribution in [3.63, 3.8) is 0 Å². The highest BCUT2D eigenvalue weighted by atomic mass is 32.1. The van der Waals surface area contributed by atoms with Gasteiger partial charge in [0.05, 0.1) is 18.2 Å². The number of rotatable bonds is 6. The molecule has 1 aliphatic carbocycles. The Kier molecular flexibility index (Phi) is 6.78. The van der Waals surface area contributed by atoms with Crippen molar-refractivity contribution >= 4 is 39.0 Å². The molecule has 0 spiro atoms. The maximum Gasteiger partial charge on any atom is 0.344 e. The summed E-state index contributed by atoms with van der Waals surface area (Å²) in [6.07, 6.45) is 3.81. The van der Waals surface area contributed by atoms with Crippen LogP contribution in [0.5, 0.6) is 11.5 Å². The van der Waals surface area contributed by atoms with Gasteiger partial charge >= 0.3 is 5.97 Å². The van der Waals surface area contributed by atoms with Gasteiger partial charge in [-0.3, -0.25) is 4.79 Å². The van der Waals surface area contributed by atoms with Crippen molar-refractivity contribution in [2.45, 2.75) is 52.6 Å². The van der Waals surface area contributed by atoms with Gasteiger partial charge in [-0.25, -0.2) is 4.79 Å². The normalized spacial score (nSPS) is 18.4. The SMILES string of the molecule is CCC(C)(C)[C@@H]1CCc2c(sc3c2C(=O)N[C@H](c2ccc(OC(=O)c4cccc5ccccc45)c(OC)c2)N3)C1. The molecule has 1 amide bonds. The van der Waals surface area contributed by atoms with Gasteiger partial charge in [0.1, 0.15) is 11.2 Å². The molecule has 0 saturated carbocycles. The lowest BCUT2D eigenvalue weighted by molar-refractivity contribution is 0.0731. The van der Waals surface area contributed by atoms with Gasteiger partial charge < -0.3 is 20.1 Å². The lowest BCUT2D eigenvalue weighted by Crippen LogP contribution is -2.38. The number of hydrogen-bond donors (Lipinski definition) is 2. The molecule has 0 saturated heterocycles. The Labute approximate surface area is 238 Å². The Hall–Kier alpha value is -3.84. The maximum absolute atomic E-state index is 13.3. The summed E-state index contributed by atoms with van der Waals surface area (Å²) in [5.41, 5.74) is 3.60. The zero-order valence-electron chi connectivity index (χ0n) is 23.3. The fourth-order valence-electron chi connectivity index (χ4n) is 5.93. The van der Waals surface area contributed by atoms with Crippen LogP contribution in [-0.2, 0) is 12.8 Å². The molecule has 1 aromatic heterocycles. The summed E-state index contributed by atoms with van der Waals surface area (Å²) in [6, 6.07) is 18.7. The number of esters is 1. The Morgan fingerprint density at radius 3 is 2.65 bits per heavy atom. The van der Waals surface area contributed by atoms with Gasteiger partial charge in [-0.05, 0) is 70.7 Å². The van der Waals surface area contributed by atoms with Crippen LogP contribution in [0.1, 0.15) is 76.5 Å². The molecular formula is C33H34N2O4S. The number of fused-ring (bicyclic) bond motifs is 4. The summed E-state index contributed by atoms with van der Waals surface area (Å²) in [5.74, 6) is 0.865. The minimum absolute atomic E-state index is 0.0464. The van der Waals surface area contributed by atoms with Crippen molar-refractivity contribution in [2.75, 3.05) is 12.4 Å². The summed E-state index contributed by atoms with van der Waals surface area (Å²) in [4.78, 5) is 27.8. The van der Waals surface area contributed by atoms with Crippen LogP contribution < -0.4 is 20.1 Å². The van der Waals surface area contributed by atoms with E-state index in [1.54, 1.807) is 30.6 Å². The highest BCUT2D eigenvalue weighted by Crippen LogP contribution is 2.47. The minimum atomic E-state index is -0.453. The van der Waals surface area contributed by atoms with E-state index >= 15 is 0 Å². The van der Waals surface area contributed by atoms with Crippen LogP contribution in [0.3, 0.4) is 0 Å². The molecular weight excluding hydrogens is 520 g/mol. The number of anilines is 1. The number of thiophene rings is 1. The van der Waals surface area contributed by atoms with E-state index in [-0.39, 0.29) is 11.3 Å². The third-order valence-electron chi connectivity index (χ3n) is 8.79. The first-order valence-corrected chi connectivity index (χ1v) is 14.7. The topological polar surface area (TPSA) is 76.7 Å². The van der Waals surface area contributed by atoms with Crippen molar-refractivity contribution in [1.82, 2.24) is 5.32 Å². The number of nitrogens with one attached hydrogen (secondary N) is 2. The van der Waals surface area contributed by atoms with Crippen molar-refractivity contribution in [1.29, 1.82) is 0 Å². The van der Waals surface area contributed by atoms with Gasteiger partial charge in [0.25, 0.3) is 5.91 Å². The summed E-state index contributed by atoms with van der Waals surface area (Å²) >= 11 is 1.72. The second kappa shape index (κ2) is 10.3. The number of hydrogen-bond acceptors (Lipinski definition) is 6. The van der Waals surface area contributed by atoms with E-state index in [2.05, 4.69) is 31.4 Å². The summed E-state index contributed by atoms with van der Waals surface area (Å²) in [5, 5.41) is 9.41. The lowest BCUT2D eigenvalue weighted by Gasteiger charge is -2.36. The molecule has 206 valence electrons. The average Bonchev–Trinajstić information content (AvgIpc) is 3.35. The van der Waals surface area contributed by atoms with E-state index in [0.717, 1.165) is 52.6 Å². The highest BCUT2D eigenvalue weighted by Gasteiger charge is 2.37. The van der Waals surface area contributed by atoms with Gasteiger partial charge in [0, 0.05) is 4.88 Å². The predicted molar refractivity (Wildman–Crippen MR) is 160 cm³/mol. The Morgan fingerprint density at radius 1 is 1.05 bits per heavy atom. The van der Waals surface area contributed by atoms with Crippen LogP contribution >= 0.6 is 11.3 Å². The number of amides is 1. The van der Waals surface area contributed by atoms with Gasteiger partial charge in [-0.1, -0.05) is 69.7 Å². The van der Waals surface area contributed by atoms with E-state index in [4.69, 9.17) is 9.47 Å². The average molecular weight is 555 g/mol. The molecule has 6 rings (SSSR count). The minimum Gasteiger partial charge on any atom is -0.493 e. The van der Waals surface area contributed by atoms with Crippen molar-refractivity contribution < 1.29 is 19.1 Å². The van der Waals surface area contributed by atoms with Crippen LogP contribution in [0.2, 0.25) is 0 Å². The van der Waals surface area contributed by atoms with Gasteiger partial charge in [-0.2, -0.15) is 0 Å². The first-order valence-electron chi connectivity index (χ1n) is 13.9. The molecule has 2 heterocycles. The van der Waals surface area contributed by atoms with Crippen LogP contribution in [0, 0.1) is 11.3 Å². The van der Waals surface area contributed by atoms with Crippen LogP contribution in [0.4, 0.5) is 5.00 Å². The standard InChI is InChI=1S/C33H34N2O4S/c1-5-33(2,3)21-14-15-24-27(18-21)40-31-28(24)30(36)34-29(35-31)20-13-16-25(26(17-20)38-4)39-32(37)23-12-8-10-19-9-6-7-11-22(19)23/h6-13,16-17,21,29,35H,5,14-15,18H2,1-4H3,(H,34,36)/t21-,29+/m1/s1. The molecule has 3 aromatic carbocycles. The second-order valence-corrected chi connectivity index (χ2v) is 12.5. The van der Waals surface area contributed by atoms with Gasteiger partial charge in [-0.15, -0.1) is 11.3 Å². The fourth-order valence-corrected chi connectivity index (χ4v) is 7.28. The molecule has 4 aromatic rings. The Morgan fingerprint density at radius 2 is 1.85 bits per heavy atom. The molecule has 7 heteroatoms. The number of carbonyl (C=O) groups is 2. The molecule has 40 heavy (non-hydrogen) atoms. The summed E-state index contributed by atoms with van der Waals surface area (Å²) < 4.78 is 11.4. The fraction of sp³-hybridized carbons (Fsp3) is 0.333.